The molecule has 0 bridgehead atoms. The van der Waals surface area contributed by atoms with Gasteiger partial charge in [-0.15, -0.1) is 0 Å². The summed E-state index contributed by atoms with van der Waals surface area (Å²) >= 11 is 0. The van der Waals surface area contributed by atoms with E-state index in [-0.39, 0.29) is 0 Å². The Labute approximate surface area is 355 Å². The van der Waals surface area contributed by atoms with Gasteiger partial charge in [-0.05, 0) is 122 Å². The first kappa shape index (κ1) is 38.4. The third-order valence-corrected chi connectivity index (χ3v) is 12.6. The Morgan fingerprint density at radius 1 is 0.750 bits per heavy atom. The molecule has 2 nitrogen and oxygen atoms in total. The zero-order chi connectivity index (χ0) is 41.1. The van der Waals surface area contributed by atoms with Crippen LogP contribution in [-0.4, -0.2) is 0 Å². The molecule has 0 aromatic heterocycles. The smallest absolute Gasteiger partial charge is 0.110 e. The fourth-order valence-corrected chi connectivity index (χ4v) is 9.89. The highest BCUT2D eigenvalue weighted by Gasteiger charge is 2.53. The van der Waals surface area contributed by atoms with Crippen molar-refractivity contribution < 1.29 is 4.74 Å². The Hall–Kier alpha value is -7.16. The summed E-state index contributed by atoms with van der Waals surface area (Å²) in [7, 11) is 0. The lowest BCUT2D eigenvalue weighted by molar-refractivity contribution is 0.403. The molecule has 4 aliphatic carbocycles. The standard InChI is InChI=1S/C58H49NO/c1-5-52-51(50-31-14-17-34-55(50)57(52)53-32-15-12-29-48(53)49-30-13-16-33-54(49)57)40-59-58(46-26-9-10-27-46,45-24-7-6-8-25-45)56-35-18-11-28-47(56)42(3)36-37-44-23-21-39-60-38-20-19-22-41(2)43(44)4/h5-7,9,11-24,26-40,59H,2-4,8,10,25H2,1H3/b22-19-,37-36-,38-20-,39-21-,44-23-,51-40-,52-5+. The molecule has 1 unspecified atom stereocenters. The van der Waals surface area contributed by atoms with Gasteiger partial charge in [0.2, 0.25) is 0 Å². The maximum Gasteiger partial charge on any atom is 0.110 e. The minimum Gasteiger partial charge on any atom is -0.473 e. The van der Waals surface area contributed by atoms with Crippen LogP contribution in [0.1, 0.15) is 59.6 Å². The first-order valence-corrected chi connectivity index (χ1v) is 20.9. The second kappa shape index (κ2) is 16.2. The summed E-state index contributed by atoms with van der Waals surface area (Å²) < 4.78 is 5.50. The van der Waals surface area contributed by atoms with Gasteiger partial charge in [-0.25, -0.2) is 0 Å². The Kier molecular flexibility index (Phi) is 10.4. The van der Waals surface area contributed by atoms with Gasteiger partial charge in [-0.3, -0.25) is 0 Å². The number of fused-ring (bicyclic) bond motifs is 7. The van der Waals surface area contributed by atoms with E-state index in [1.165, 1.54) is 55.7 Å². The molecule has 1 N–H and O–H groups in total. The van der Waals surface area contributed by atoms with Crippen molar-refractivity contribution >= 4 is 11.1 Å². The van der Waals surface area contributed by atoms with Crippen molar-refractivity contribution in [1.82, 2.24) is 5.32 Å². The van der Waals surface area contributed by atoms with E-state index in [1.54, 1.807) is 12.5 Å². The van der Waals surface area contributed by atoms with Crippen LogP contribution in [0.5, 0.6) is 0 Å². The molecule has 4 aromatic carbocycles. The number of rotatable bonds is 8. The van der Waals surface area contributed by atoms with E-state index < -0.39 is 11.0 Å². The second-order valence-corrected chi connectivity index (χ2v) is 15.7. The molecule has 0 amide bonds. The summed E-state index contributed by atoms with van der Waals surface area (Å²) in [5, 5.41) is 4.25. The van der Waals surface area contributed by atoms with Crippen molar-refractivity contribution in [2.24, 2.45) is 0 Å². The summed E-state index contributed by atoms with van der Waals surface area (Å²) in [5.74, 6) is 0. The summed E-state index contributed by atoms with van der Waals surface area (Å²) in [5.41, 5.74) is 17.4. The fraction of sp³-hybridized carbons (Fsp3) is 0.103. The fourth-order valence-electron chi connectivity index (χ4n) is 9.89. The normalized spacial score (nSPS) is 22.2. The van der Waals surface area contributed by atoms with Gasteiger partial charge in [0.1, 0.15) is 5.54 Å². The minimum absolute atomic E-state index is 0.434. The largest absolute Gasteiger partial charge is 0.473 e. The van der Waals surface area contributed by atoms with E-state index in [4.69, 9.17) is 11.3 Å². The molecule has 1 atom stereocenters. The Morgan fingerprint density at radius 2 is 1.43 bits per heavy atom. The average Bonchev–Trinajstić information content (AvgIpc) is 4.01. The van der Waals surface area contributed by atoms with Crippen molar-refractivity contribution in [3.05, 3.63) is 287 Å². The van der Waals surface area contributed by atoms with Crippen LogP contribution in [0.2, 0.25) is 0 Å². The van der Waals surface area contributed by atoms with Crippen LogP contribution in [0.4, 0.5) is 0 Å². The van der Waals surface area contributed by atoms with Crippen molar-refractivity contribution in [2.75, 3.05) is 0 Å². The van der Waals surface area contributed by atoms with Crippen LogP contribution >= 0.6 is 0 Å². The Morgan fingerprint density at radius 3 is 2.13 bits per heavy atom. The average molecular weight is 776 g/mol. The Balaban J connectivity index is 1.21. The quantitative estimate of drug-likeness (QED) is 0.180. The first-order chi connectivity index (χ1) is 29.5. The highest BCUT2D eigenvalue weighted by molar-refractivity contribution is 5.99. The van der Waals surface area contributed by atoms with Gasteiger partial charge in [0, 0.05) is 11.8 Å². The molecule has 1 heterocycles. The molecule has 9 rings (SSSR count). The van der Waals surface area contributed by atoms with E-state index in [0.29, 0.717) is 0 Å². The topological polar surface area (TPSA) is 21.3 Å². The van der Waals surface area contributed by atoms with E-state index in [0.717, 1.165) is 52.7 Å². The number of allylic oxidation sites excluding steroid dienone is 19. The number of nitrogens with one attached hydrogen (secondary N) is 1. The monoisotopic (exact) mass is 775 g/mol. The van der Waals surface area contributed by atoms with E-state index in [1.807, 2.05) is 30.4 Å². The SMILES string of the molecule is C=C1/C=C\C=C/O\C=C/C=C(/C=C\C(=C)c2ccccc2C(N/C=C2\C(=C/C)C3(c4ccccc42)c2ccccc2-c2ccccc23)(C2=CCC=C2)C2=CC=CCC2)C1=C. The zero-order valence-corrected chi connectivity index (χ0v) is 34.2. The second-order valence-electron chi connectivity index (χ2n) is 15.7. The third kappa shape index (κ3) is 6.28. The molecule has 0 radical (unpaired) electrons. The van der Waals surface area contributed by atoms with Crippen LogP contribution in [-0.2, 0) is 15.7 Å². The van der Waals surface area contributed by atoms with Crippen molar-refractivity contribution in [3.63, 3.8) is 0 Å². The van der Waals surface area contributed by atoms with Gasteiger partial charge < -0.3 is 10.1 Å². The summed E-state index contributed by atoms with van der Waals surface area (Å²) in [6.07, 6.45) is 38.2. The number of benzene rings is 4. The molecule has 0 saturated heterocycles. The molecular weight excluding hydrogens is 727 g/mol. The molecule has 1 aliphatic heterocycles. The van der Waals surface area contributed by atoms with Gasteiger partial charge in [0.05, 0.1) is 17.9 Å². The highest BCUT2D eigenvalue weighted by atomic mass is 16.5. The van der Waals surface area contributed by atoms with Crippen LogP contribution in [0.3, 0.4) is 0 Å². The van der Waals surface area contributed by atoms with Gasteiger partial charge in [-0.2, -0.15) is 0 Å². The predicted molar refractivity (Wildman–Crippen MR) is 253 cm³/mol. The lowest BCUT2D eigenvalue weighted by atomic mass is 9.70. The molecule has 0 saturated carbocycles. The van der Waals surface area contributed by atoms with E-state index >= 15 is 0 Å². The molecule has 5 aliphatic rings. The van der Waals surface area contributed by atoms with E-state index in [2.05, 4.69) is 183 Å². The van der Waals surface area contributed by atoms with Gasteiger partial charge in [0.15, 0.2) is 0 Å². The molecule has 2 heteroatoms. The molecule has 0 fully saturated rings. The predicted octanol–water partition coefficient (Wildman–Crippen LogP) is 14.2. The van der Waals surface area contributed by atoms with Crippen molar-refractivity contribution in [1.29, 1.82) is 0 Å². The maximum absolute atomic E-state index is 5.50. The maximum atomic E-state index is 5.50. The number of hydrogen-bond acceptors (Lipinski definition) is 2. The van der Waals surface area contributed by atoms with Crippen LogP contribution in [0.25, 0.3) is 22.3 Å². The zero-order valence-electron chi connectivity index (χ0n) is 34.2. The van der Waals surface area contributed by atoms with Gasteiger partial charge in [-0.1, -0.05) is 190 Å². The minimum atomic E-state index is -0.698. The van der Waals surface area contributed by atoms with Crippen molar-refractivity contribution in [2.45, 2.75) is 37.1 Å². The number of ether oxygens (including phenoxy) is 1. The highest BCUT2D eigenvalue weighted by Crippen LogP contribution is 2.63. The van der Waals surface area contributed by atoms with Crippen LogP contribution in [0.15, 0.2) is 254 Å². The van der Waals surface area contributed by atoms with Crippen molar-refractivity contribution in [3.8, 4) is 11.1 Å². The number of hydrogen-bond donors (Lipinski definition) is 1. The summed E-state index contributed by atoms with van der Waals surface area (Å²) in [4.78, 5) is 0. The van der Waals surface area contributed by atoms with Crippen LogP contribution in [0, 0.1) is 0 Å². The van der Waals surface area contributed by atoms with Crippen LogP contribution < -0.4 is 5.32 Å². The molecule has 4 aromatic rings. The summed E-state index contributed by atoms with van der Waals surface area (Å²) in [6, 6.07) is 35.7. The molecular formula is C58H49NO. The van der Waals surface area contributed by atoms with E-state index in [9.17, 15) is 0 Å². The molecule has 1 spiro atoms. The molecule has 60 heavy (non-hydrogen) atoms. The summed E-state index contributed by atoms with van der Waals surface area (Å²) in [6.45, 7) is 15.6. The Bertz CT molecular complexity index is 2750. The first-order valence-electron chi connectivity index (χ1n) is 20.9. The molecule has 292 valence electrons. The lowest BCUT2D eigenvalue weighted by Crippen LogP contribution is -2.44. The third-order valence-electron chi connectivity index (χ3n) is 12.6. The van der Waals surface area contributed by atoms with Gasteiger partial charge >= 0.3 is 0 Å². The van der Waals surface area contributed by atoms with Gasteiger partial charge in [0.25, 0.3) is 0 Å². The lowest BCUT2D eigenvalue weighted by Gasteiger charge is -2.41.